The molecule has 2 heterocycles. The number of rotatable bonds is 5. The number of hydrogen-bond acceptors (Lipinski definition) is 4. The van der Waals surface area contributed by atoms with Crippen molar-refractivity contribution in [3.8, 4) is 0 Å². The number of halogens is 3. The molecule has 0 aliphatic carbocycles. The highest BCUT2D eigenvalue weighted by Crippen LogP contribution is 2.30. The fraction of sp³-hybridized carbons (Fsp3) is 0.857. The van der Waals surface area contributed by atoms with Gasteiger partial charge in [-0.05, 0) is 32.6 Å². The SMILES string of the molecule is C[C@](CNC(=O)[C@@H]1CCCO1)(NC(=O)[C@H]1CCCO1)C(F)(F)F. The van der Waals surface area contributed by atoms with Crippen LogP contribution in [0.3, 0.4) is 0 Å². The van der Waals surface area contributed by atoms with Crippen LogP contribution in [-0.2, 0) is 19.1 Å². The third-order valence-corrected chi connectivity index (χ3v) is 4.09. The van der Waals surface area contributed by atoms with Crippen molar-refractivity contribution in [3.05, 3.63) is 0 Å². The van der Waals surface area contributed by atoms with Gasteiger partial charge in [-0.2, -0.15) is 13.2 Å². The molecule has 0 bridgehead atoms. The molecule has 0 unspecified atom stereocenters. The second-order valence-corrected chi connectivity index (χ2v) is 6.04. The zero-order chi connectivity index (χ0) is 17.1. The van der Waals surface area contributed by atoms with Gasteiger partial charge in [0, 0.05) is 19.8 Å². The van der Waals surface area contributed by atoms with Crippen molar-refractivity contribution < 1.29 is 32.2 Å². The second-order valence-electron chi connectivity index (χ2n) is 6.04. The van der Waals surface area contributed by atoms with Crippen LogP contribution in [0, 0.1) is 0 Å². The Morgan fingerprint density at radius 2 is 1.57 bits per heavy atom. The van der Waals surface area contributed by atoms with E-state index in [4.69, 9.17) is 9.47 Å². The topological polar surface area (TPSA) is 76.7 Å². The van der Waals surface area contributed by atoms with Gasteiger partial charge in [0.05, 0.1) is 0 Å². The number of nitrogens with one attached hydrogen (secondary N) is 2. The summed E-state index contributed by atoms with van der Waals surface area (Å²) in [4.78, 5) is 23.8. The Kier molecular flexibility index (Phi) is 5.51. The molecular weight excluding hydrogens is 317 g/mol. The fourth-order valence-electron chi connectivity index (χ4n) is 2.51. The Morgan fingerprint density at radius 3 is 2.00 bits per heavy atom. The van der Waals surface area contributed by atoms with E-state index in [0.717, 1.165) is 6.92 Å². The van der Waals surface area contributed by atoms with E-state index < -0.39 is 42.3 Å². The van der Waals surface area contributed by atoms with Crippen LogP contribution in [-0.4, -0.2) is 55.5 Å². The molecule has 2 amide bonds. The standard InChI is InChI=1S/C14H21F3N2O4/c1-13(14(15,16)17,19-12(21)10-5-3-7-23-10)8-18-11(20)9-4-2-6-22-9/h9-10H,2-8H2,1H3,(H,18,20)(H,19,21)/t9-,10+,13+/m0/s1. The smallest absolute Gasteiger partial charge is 0.368 e. The summed E-state index contributed by atoms with van der Waals surface area (Å²) in [6.07, 6.45) is -4.10. The molecule has 0 spiro atoms. The van der Waals surface area contributed by atoms with Crippen molar-refractivity contribution in [2.24, 2.45) is 0 Å². The lowest BCUT2D eigenvalue weighted by molar-refractivity contribution is -0.194. The lowest BCUT2D eigenvalue weighted by Gasteiger charge is -2.34. The molecule has 2 saturated heterocycles. The van der Waals surface area contributed by atoms with Crippen LogP contribution in [0.1, 0.15) is 32.6 Å². The van der Waals surface area contributed by atoms with Crippen LogP contribution < -0.4 is 10.6 Å². The molecule has 0 aromatic heterocycles. The molecule has 2 aliphatic heterocycles. The largest absolute Gasteiger partial charge is 0.412 e. The zero-order valence-corrected chi connectivity index (χ0v) is 12.9. The molecule has 2 aliphatic rings. The van der Waals surface area contributed by atoms with Crippen molar-refractivity contribution in [2.75, 3.05) is 19.8 Å². The highest BCUT2D eigenvalue weighted by molar-refractivity contribution is 5.83. The van der Waals surface area contributed by atoms with E-state index in [2.05, 4.69) is 5.32 Å². The summed E-state index contributed by atoms with van der Waals surface area (Å²) in [5, 5.41) is 4.20. The van der Waals surface area contributed by atoms with Crippen LogP contribution in [0.4, 0.5) is 13.2 Å². The number of amides is 2. The highest BCUT2D eigenvalue weighted by Gasteiger charge is 2.53. The van der Waals surface area contributed by atoms with Crippen LogP contribution in [0.2, 0.25) is 0 Å². The monoisotopic (exact) mass is 338 g/mol. The quantitative estimate of drug-likeness (QED) is 0.781. The van der Waals surface area contributed by atoms with Crippen LogP contribution in [0.15, 0.2) is 0 Å². The minimum absolute atomic E-state index is 0.358. The Labute approximate surface area is 132 Å². The summed E-state index contributed by atoms with van der Waals surface area (Å²) in [5.74, 6) is -1.40. The Morgan fingerprint density at radius 1 is 1.04 bits per heavy atom. The third-order valence-electron chi connectivity index (χ3n) is 4.09. The molecule has 9 heteroatoms. The lowest BCUT2D eigenvalue weighted by atomic mass is 10.0. The van der Waals surface area contributed by atoms with E-state index in [0.29, 0.717) is 38.9 Å². The van der Waals surface area contributed by atoms with Crippen molar-refractivity contribution in [1.82, 2.24) is 10.6 Å². The first-order valence-corrected chi connectivity index (χ1v) is 7.62. The van der Waals surface area contributed by atoms with Gasteiger partial charge < -0.3 is 20.1 Å². The molecule has 3 atom stereocenters. The van der Waals surface area contributed by atoms with E-state index >= 15 is 0 Å². The summed E-state index contributed by atoms with van der Waals surface area (Å²) in [7, 11) is 0. The maximum atomic E-state index is 13.3. The normalized spacial score (nSPS) is 27.5. The predicted molar refractivity (Wildman–Crippen MR) is 73.6 cm³/mol. The summed E-state index contributed by atoms with van der Waals surface area (Å²) in [6, 6.07) is 0. The average Bonchev–Trinajstić information content (AvgIpc) is 3.15. The molecule has 0 aromatic carbocycles. The summed E-state index contributed by atoms with van der Waals surface area (Å²) >= 11 is 0. The van der Waals surface area contributed by atoms with Crippen molar-refractivity contribution >= 4 is 11.8 Å². The fourth-order valence-corrected chi connectivity index (χ4v) is 2.51. The predicted octanol–water partition coefficient (Wildman–Crippen LogP) is 0.898. The van der Waals surface area contributed by atoms with Gasteiger partial charge in [0.25, 0.3) is 0 Å². The molecular formula is C14H21F3N2O4. The molecule has 2 rings (SSSR count). The van der Waals surface area contributed by atoms with E-state index in [1.54, 1.807) is 0 Å². The van der Waals surface area contributed by atoms with Gasteiger partial charge in [0.2, 0.25) is 11.8 Å². The minimum atomic E-state index is -4.72. The number of hydrogen-bond donors (Lipinski definition) is 2. The molecule has 6 nitrogen and oxygen atoms in total. The first-order chi connectivity index (χ1) is 10.7. The van der Waals surface area contributed by atoms with Gasteiger partial charge >= 0.3 is 6.18 Å². The molecule has 0 aromatic rings. The van der Waals surface area contributed by atoms with Crippen molar-refractivity contribution in [2.45, 2.75) is 56.5 Å². The van der Waals surface area contributed by atoms with Crippen molar-refractivity contribution in [3.63, 3.8) is 0 Å². The average molecular weight is 338 g/mol. The van der Waals surface area contributed by atoms with Crippen molar-refractivity contribution in [1.29, 1.82) is 0 Å². The molecule has 2 fully saturated rings. The number of carbonyl (C=O) groups excluding carboxylic acids is 2. The van der Waals surface area contributed by atoms with Gasteiger partial charge in [-0.25, -0.2) is 0 Å². The summed E-state index contributed by atoms with van der Waals surface area (Å²) < 4.78 is 50.2. The first kappa shape index (κ1) is 18.0. The van der Waals surface area contributed by atoms with E-state index in [9.17, 15) is 22.8 Å². The Hall–Kier alpha value is -1.35. The van der Waals surface area contributed by atoms with E-state index in [1.165, 1.54) is 0 Å². The van der Waals surface area contributed by atoms with Crippen LogP contribution in [0.5, 0.6) is 0 Å². The third kappa shape index (κ3) is 4.35. The van der Waals surface area contributed by atoms with Crippen LogP contribution in [0.25, 0.3) is 0 Å². The molecule has 132 valence electrons. The van der Waals surface area contributed by atoms with Gasteiger partial charge in [-0.15, -0.1) is 0 Å². The molecule has 0 saturated carbocycles. The lowest BCUT2D eigenvalue weighted by Crippen LogP contribution is -2.64. The number of alkyl halides is 3. The maximum Gasteiger partial charge on any atom is 0.412 e. The highest BCUT2D eigenvalue weighted by atomic mass is 19.4. The number of carbonyl (C=O) groups is 2. The van der Waals surface area contributed by atoms with Gasteiger partial charge in [-0.1, -0.05) is 0 Å². The summed E-state index contributed by atoms with van der Waals surface area (Å²) in [5.41, 5.74) is -2.57. The molecule has 0 radical (unpaired) electrons. The number of ether oxygens (including phenoxy) is 2. The Bertz CT molecular complexity index is 446. The van der Waals surface area contributed by atoms with Gasteiger partial charge in [0.15, 0.2) is 5.54 Å². The van der Waals surface area contributed by atoms with Gasteiger partial charge in [0.1, 0.15) is 12.2 Å². The maximum absolute atomic E-state index is 13.3. The second kappa shape index (κ2) is 7.04. The minimum Gasteiger partial charge on any atom is -0.368 e. The summed E-state index contributed by atoms with van der Waals surface area (Å²) in [6.45, 7) is 0.865. The van der Waals surface area contributed by atoms with Crippen LogP contribution >= 0.6 is 0 Å². The Balaban J connectivity index is 1.97. The zero-order valence-electron chi connectivity index (χ0n) is 12.9. The first-order valence-electron chi connectivity index (χ1n) is 7.62. The molecule has 2 N–H and O–H groups in total. The molecule has 23 heavy (non-hydrogen) atoms. The van der Waals surface area contributed by atoms with E-state index in [-0.39, 0.29) is 0 Å². The van der Waals surface area contributed by atoms with Gasteiger partial charge in [-0.3, -0.25) is 9.59 Å². The van der Waals surface area contributed by atoms with E-state index in [1.807, 2.05) is 5.32 Å².